The van der Waals surface area contributed by atoms with Crippen LogP contribution in [0, 0.1) is 0 Å². The van der Waals surface area contributed by atoms with Crippen molar-refractivity contribution in [3.8, 4) is 0 Å². The average molecular weight is 422 g/mol. The molecule has 0 saturated carbocycles. The topological polar surface area (TPSA) is 81.9 Å². The van der Waals surface area contributed by atoms with Crippen molar-refractivity contribution in [3.05, 3.63) is 77.3 Å². The third-order valence-electron chi connectivity index (χ3n) is 4.72. The summed E-state index contributed by atoms with van der Waals surface area (Å²) in [7, 11) is 0. The van der Waals surface area contributed by atoms with Gasteiger partial charge in [0.05, 0.1) is 5.57 Å². The first-order valence-corrected chi connectivity index (χ1v) is 10.8. The molecule has 1 aromatic carbocycles. The number of thioether (sulfide) groups is 1. The van der Waals surface area contributed by atoms with Crippen molar-refractivity contribution in [2.75, 3.05) is 11.1 Å². The van der Waals surface area contributed by atoms with Gasteiger partial charge in [-0.25, -0.2) is 9.48 Å². The van der Waals surface area contributed by atoms with Crippen molar-refractivity contribution in [2.24, 2.45) is 0 Å². The van der Waals surface area contributed by atoms with Gasteiger partial charge < -0.3 is 10.1 Å². The fourth-order valence-corrected chi connectivity index (χ4v) is 3.99. The molecule has 4 rings (SSSR count). The molecule has 1 aliphatic rings. The van der Waals surface area contributed by atoms with Crippen molar-refractivity contribution < 1.29 is 9.53 Å². The number of hydrogen-bond donors (Lipinski definition) is 1. The SMILES string of the molecule is CCCSc1nc2n(n1)C(c1ccncc1)C(C(=O)OCc1ccccc1)=C(C)N2. The number of aromatic nitrogens is 4. The molecule has 7 nitrogen and oxygen atoms in total. The largest absolute Gasteiger partial charge is 0.457 e. The molecule has 0 bridgehead atoms. The Morgan fingerprint density at radius 1 is 1.20 bits per heavy atom. The fraction of sp³-hybridized carbons (Fsp3) is 0.273. The van der Waals surface area contributed by atoms with Gasteiger partial charge in [-0.1, -0.05) is 49.0 Å². The number of ether oxygens (including phenoxy) is 1. The molecule has 30 heavy (non-hydrogen) atoms. The standard InChI is InChI=1S/C22H23N5O2S/c1-3-13-30-22-25-21-24-15(2)18(20(28)29-14-16-7-5-4-6-8-16)19(27(21)26-22)17-9-11-23-12-10-17/h4-12,19H,3,13-14H2,1-2H3,(H,24,25,26). The van der Waals surface area contributed by atoms with E-state index < -0.39 is 6.04 Å². The van der Waals surface area contributed by atoms with E-state index in [2.05, 4.69) is 27.3 Å². The van der Waals surface area contributed by atoms with E-state index in [-0.39, 0.29) is 12.6 Å². The minimum atomic E-state index is -0.434. The van der Waals surface area contributed by atoms with E-state index in [0.717, 1.165) is 23.3 Å². The van der Waals surface area contributed by atoms with E-state index >= 15 is 0 Å². The lowest BCUT2D eigenvalue weighted by Crippen LogP contribution is -2.29. The first-order valence-electron chi connectivity index (χ1n) is 9.85. The summed E-state index contributed by atoms with van der Waals surface area (Å²) in [4.78, 5) is 21.9. The molecule has 1 aliphatic heterocycles. The number of esters is 1. The second-order valence-corrected chi connectivity index (χ2v) is 7.98. The van der Waals surface area contributed by atoms with Crippen LogP contribution in [0.5, 0.6) is 0 Å². The zero-order valence-electron chi connectivity index (χ0n) is 16.9. The van der Waals surface area contributed by atoms with Crippen LogP contribution in [0.3, 0.4) is 0 Å². The van der Waals surface area contributed by atoms with Crippen LogP contribution >= 0.6 is 11.8 Å². The van der Waals surface area contributed by atoms with Crippen molar-refractivity contribution >= 4 is 23.7 Å². The lowest BCUT2D eigenvalue weighted by Gasteiger charge is -2.28. The summed E-state index contributed by atoms with van der Waals surface area (Å²) in [6, 6.07) is 13.0. The smallest absolute Gasteiger partial charge is 0.338 e. The van der Waals surface area contributed by atoms with Gasteiger partial charge in [0.1, 0.15) is 12.6 Å². The summed E-state index contributed by atoms with van der Waals surface area (Å²) in [5.41, 5.74) is 3.06. The van der Waals surface area contributed by atoms with E-state index in [1.54, 1.807) is 28.8 Å². The number of pyridine rings is 1. The number of fused-ring (bicyclic) bond motifs is 1. The molecule has 8 heteroatoms. The van der Waals surface area contributed by atoms with Crippen LogP contribution < -0.4 is 5.32 Å². The second kappa shape index (κ2) is 9.13. The average Bonchev–Trinajstić information content (AvgIpc) is 3.18. The van der Waals surface area contributed by atoms with Crippen LogP contribution in [0.4, 0.5) is 5.95 Å². The zero-order valence-corrected chi connectivity index (χ0v) is 17.7. The van der Waals surface area contributed by atoms with Gasteiger partial charge in [-0.05, 0) is 36.6 Å². The Hall–Kier alpha value is -3.13. The van der Waals surface area contributed by atoms with Gasteiger partial charge >= 0.3 is 5.97 Å². The maximum Gasteiger partial charge on any atom is 0.338 e. The summed E-state index contributed by atoms with van der Waals surface area (Å²) < 4.78 is 7.42. The number of benzene rings is 1. The molecule has 0 radical (unpaired) electrons. The second-order valence-electron chi connectivity index (χ2n) is 6.92. The molecule has 2 aromatic heterocycles. The first kappa shape index (κ1) is 20.2. The third kappa shape index (κ3) is 4.23. The molecule has 1 atom stereocenters. The summed E-state index contributed by atoms with van der Waals surface area (Å²) >= 11 is 1.60. The van der Waals surface area contributed by atoms with Crippen LogP contribution in [0.25, 0.3) is 0 Å². The molecule has 0 amide bonds. The Labute approximate surface area is 179 Å². The van der Waals surface area contributed by atoms with Gasteiger partial charge in [0.25, 0.3) is 0 Å². The predicted molar refractivity (Wildman–Crippen MR) is 116 cm³/mol. The third-order valence-corrected chi connectivity index (χ3v) is 5.77. The molecule has 0 fully saturated rings. The maximum atomic E-state index is 13.2. The van der Waals surface area contributed by atoms with E-state index in [1.165, 1.54) is 0 Å². The Kier molecular flexibility index (Phi) is 6.13. The van der Waals surface area contributed by atoms with Crippen molar-refractivity contribution in [1.29, 1.82) is 0 Å². The normalized spacial score (nSPS) is 15.5. The number of carbonyl (C=O) groups is 1. The Balaban J connectivity index is 1.67. The molecule has 3 heterocycles. The van der Waals surface area contributed by atoms with Gasteiger partial charge in [-0.2, -0.15) is 4.98 Å². The van der Waals surface area contributed by atoms with E-state index in [1.807, 2.05) is 49.4 Å². The highest BCUT2D eigenvalue weighted by Crippen LogP contribution is 2.36. The summed E-state index contributed by atoms with van der Waals surface area (Å²) in [5.74, 6) is 1.17. The molecule has 0 saturated heterocycles. The van der Waals surface area contributed by atoms with Crippen LogP contribution in [0.1, 0.15) is 37.4 Å². The van der Waals surface area contributed by atoms with Crippen molar-refractivity contribution in [2.45, 2.75) is 38.1 Å². The summed E-state index contributed by atoms with van der Waals surface area (Å²) in [6.07, 6.45) is 4.45. The first-order chi connectivity index (χ1) is 14.7. The number of anilines is 1. The molecule has 1 unspecified atom stereocenters. The molecule has 0 spiro atoms. The van der Waals surface area contributed by atoms with Gasteiger partial charge in [0.2, 0.25) is 11.1 Å². The lowest BCUT2D eigenvalue weighted by atomic mass is 9.96. The molecule has 1 N–H and O–H groups in total. The van der Waals surface area contributed by atoms with Crippen LogP contribution in [-0.4, -0.2) is 31.5 Å². The fourth-order valence-electron chi connectivity index (χ4n) is 3.31. The highest BCUT2D eigenvalue weighted by molar-refractivity contribution is 7.99. The number of allylic oxidation sites excluding steroid dienone is 1. The predicted octanol–water partition coefficient (Wildman–Crippen LogP) is 4.21. The number of hydrogen-bond acceptors (Lipinski definition) is 7. The highest BCUT2D eigenvalue weighted by Gasteiger charge is 2.35. The summed E-state index contributed by atoms with van der Waals surface area (Å²) in [6.45, 7) is 4.19. The van der Waals surface area contributed by atoms with Crippen LogP contribution in [0.15, 0.2) is 71.3 Å². The van der Waals surface area contributed by atoms with Crippen LogP contribution in [0.2, 0.25) is 0 Å². The van der Waals surface area contributed by atoms with Crippen molar-refractivity contribution in [1.82, 2.24) is 19.7 Å². The quantitative estimate of drug-likeness (QED) is 0.452. The van der Waals surface area contributed by atoms with Crippen LogP contribution in [-0.2, 0) is 16.1 Å². The monoisotopic (exact) mass is 421 g/mol. The number of nitrogens with zero attached hydrogens (tertiary/aromatic N) is 4. The summed E-state index contributed by atoms with van der Waals surface area (Å²) in [5, 5.41) is 8.59. The van der Waals surface area contributed by atoms with Gasteiger partial charge in [-0.3, -0.25) is 4.98 Å². The van der Waals surface area contributed by atoms with Crippen molar-refractivity contribution in [3.63, 3.8) is 0 Å². The molecular weight excluding hydrogens is 398 g/mol. The molecule has 154 valence electrons. The van der Waals surface area contributed by atoms with E-state index in [9.17, 15) is 4.79 Å². The van der Waals surface area contributed by atoms with Gasteiger partial charge in [0, 0.05) is 23.8 Å². The van der Waals surface area contributed by atoms with Gasteiger partial charge in [0.15, 0.2) is 0 Å². The lowest BCUT2D eigenvalue weighted by molar-refractivity contribution is -0.140. The Bertz CT molecular complexity index is 1050. The van der Waals surface area contributed by atoms with Gasteiger partial charge in [-0.15, -0.1) is 5.10 Å². The number of carbonyl (C=O) groups excluding carboxylic acids is 1. The number of nitrogens with one attached hydrogen (secondary N) is 1. The molecule has 3 aromatic rings. The minimum absolute atomic E-state index is 0.210. The Morgan fingerprint density at radius 2 is 1.97 bits per heavy atom. The minimum Gasteiger partial charge on any atom is -0.457 e. The number of rotatable bonds is 7. The molecule has 0 aliphatic carbocycles. The maximum absolute atomic E-state index is 13.2. The molecular formula is C22H23N5O2S. The zero-order chi connectivity index (χ0) is 20.9. The highest BCUT2D eigenvalue weighted by atomic mass is 32.2. The van der Waals surface area contributed by atoms with E-state index in [4.69, 9.17) is 4.74 Å². The Morgan fingerprint density at radius 3 is 2.70 bits per heavy atom. The van der Waals surface area contributed by atoms with E-state index in [0.29, 0.717) is 22.4 Å².